The van der Waals surface area contributed by atoms with Gasteiger partial charge in [0.25, 0.3) is 0 Å². The van der Waals surface area contributed by atoms with Gasteiger partial charge < -0.3 is 14.5 Å². The maximum Gasteiger partial charge on any atom is 0.410 e. The van der Waals surface area contributed by atoms with E-state index in [1.54, 1.807) is 14.5 Å². The van der Waals surface area contributed by atoms with Crippen LogP contribution in [0.5, 0.6) is 0 Å². The number of nitrogens with zero attached hydrogens (tertiary/aromatic N) is 4. The van der Waals surface area contributed by atoms with Gasteiger partial charge in [0.2, 0.25) is 0 Å². The second-order valence-corrected chi connectivity index (χ2v) is 7.10. The van der Waals surface area contributed by atoms with E-state index in [-0.39, 0.29) is 18.2 Å². The van der Waals surface area contributed by atoms with Crippen LogP contribution < -0.4 is 5.32 Å². The number of urea groups is 1. The molecule has 2 aliphatic heterocycles. The molecule has 1 saturated heterocycles. The van der Waals surface area contributed by atoms with E-state index in [0.717, 1.165) is 12.0 Å². The van der Waals surface area contributed by atoms with Crippen molar-refractivity contribution in [3.63, 3.8) is 0 Å². The van der Waals surface area contributed by atoms with Crippen LogP contribution >= 0.6 is 0 Å². The standard InChI is InChI=1S/C15H23N5O3/c1-15(2,3)23-14(22)19-6-5-11(9-19)20-8-10-7-18(4)17-12(10)16-13(20)21/h7,11H,5-6,8-9H2,1-4H3,(H,16,17,21). The van der Waals surface area contributed by atoms with Crippen LogP contribution in [0.25, 0.3) is 0 Å². The molecule has 23 heavy (non-hydrogen) atoms. The Labute approximate surface area is 135 Å². The van der Waals surface area contributed by atoms with Gasteiger partial charge in [-0.25, -0.2) is 9.59 Å². The van der Waals surface area contributed by atoms with Gasteiger partial charge in [0.1, 0.15) is 5.60 Å². The third kappa shape index (κ3) is 3.25. The number of ether oxygens (including phenoxy) is 1. The molecule has 8 heteroatoms. The Morgan fingerprint density at radius 2 is 2.17 bits per heavy atom. The lowest BCUT2D eigenvalue weighted by Crippen LogP contribution is -2.47. The van der Waals surface area contributed by atoms with E-state index in [9.17, 15) is 9.59 Å². The van der Waals surface area contributed by atoms with Gasteiger partial charge >= 0.3 is 12.1 Å². The minimum Gasteiger partial charge on any atom is -0.444 e. The average molecular weight is 321 g/mol. The molecule has 3 rings (SSSR count). The number of nitrogens with one attached hydrogen (secondary N) is 1. The molecule has 0 spiro atoms. The van der Waals surface area contributed by atoms with Crippen molar-refractivity contribution < 1.29 is 14.3 Å². The summed E-state index contributed by atoms with van der Waals surface area (Å²) in [5, 5.41) is 7.03. The lowest BCUT2D eigenvalue weighted by atomic mass is 10.1. The molecule has 1 aromatic heterocycles. The summed E-state index contributed by atoms with van der Waals surface area (Å²) in [6, 6.07) is -0.164. The lowest BCUT2D eigenvalue weighted by molar-refractivity contribution is 0.0282. The van der Waals surface area contributed by atoms with Crippen LogP contribution in [0.4, 0.5) is 15.4 Å². The molecule has 1 N–H and O–H groups in total. The summed E-state index contributed by atoms with van der Waals surface area (Å²) in [7, 11) is 1.83. The molecule has 1 unspecified atom stereocenters. The Bertz CT molecular complexity index is 634. The summed E-state index contributed by atoms with van der Waals surface area (Å²) in [5.74, 6) is 0.621. The zero-order valence-corrected chi connectivity index (χ0v) is 14.0. The van der Waals surface area contributed by atoms with Crippen LogP contribution in [-0.2, 0) is 18.3 Å². The topological polar surface area (TPSA) is 79.7 Å². The molecule has 2 aliphatic rings. The Morgan fingerprint density at radius 3 is 2.87 bits per heavy atom. The highest BCUT2D eigenvalue weighted by Crippen LogP contribution is 2.26. The highest BCUT2D eigenvalue weighted by molar-refractivity contribution is 5.91. The first kappa shape index (κ1) is 15.6. The molecule has 0 aliphatic carbocycles. The van der Waals surface area contributed by atoms with E-state index in [1.165, 1.54) is 0 Å². The summed E-state index contributed by atoms with van der Waals surface area (Å²) >= 11 is 0. The number of hydrogen-bond donors (Lipinski definition) is 1. The second-order valence-electron chi connectivity index (χ2n) is 7.10. The highest BCUT2D eigenvalue weighted by atomic mass is 16.6. The quantitative estimate of drug-likeness (QED) is 0.855. The molecule has 0 radical (unpaired) electrons. The Morgan fingerprint density at radius 1 is 1.43 bits per heavy atom. The minimum absolute atomic E-state index is 0.00382. The van der Waals surface area contributed by atoms with Crippen molar-refractivity contribution in [2.45, 2.75) is 45.4 Å². The lowest BCUT2D eigenvalue weighted by Gasteiger charge is -2.32. The van der Waals surface area contributed by atoms with Crippen molar-refractivity contribution in [2.75, 3.05) is 18.4 Å². The molecule has 3 amide bonds. The molecule has 126 valence electrons. The van der Waals surface area contributed by atoms with Gasteiger partial charge in [-0.05, 0) is 27.2 Å². The number of aryl methyl sites for hydroxylation is 1. The number of hydrogen-bond acceptors (Lipinski definition) is 4. The molecule has 1 aromatic rings. The van der Waals surface area contributed by atoms with Crippen LogP contribution in [0.2, 0.25) is 0 Å². The van der Waals surface area contributed by atoms with Crippen LogP contribution in [0.1, 0.15) is 32.8 Å². The molecule has 0 aromatic carbocycles. The summed E-state index contributed by atoms with van der Waals surface area (Å²) in [5.41, 5.74) is 0.477. The van der Waals surface area contributed by atoms with E-state index < -0.39 is 5.60 Å². The fraction of sp³-hybridized carbons (Fsp3) is 0.667. The van der Waals surface area contributed by atoms with Crippen molar-refractivity contribution in [1.29, 1.82) is 0 Å². The largest absolute Gasteiger partial charge is 0.444 e. The molecule has 0 saturated carbocycles. The van der Waals surface area contributed by atoms with Crippen molar-refractivity contribution >= 4 is 17.9 Å². The predicted octanol–water partition coefficient (Wildman–Crippen LogP) is 1.78. The number of fused-ring (bicyclic) bond motifs is 1. The first-order valence-corrected chi connectivity index (χ1v) is 7.81. The zero-order chi connectivity index (χ0) is 16.8. The van der Waals surface area contributed by atoms with Crippen LogP contribution in [0.15, 0.2) is 6.20 Å². The van der Waals surface area contributed by atoms with Crippen molar-refractivity contribution in [1.82, 2.24) is 19.6 Å². The molecule has 3 heterocycles. The van der Waals surface area contributed by atoms with Gasteiger partial charge in [0.05, 0.1) is 12.6 Å². The van der Waals surface area contributed by atoms with Gasteiger partial charge in [0, 0.05) is 31.9 Å². The van der Waals surface area contributed by atoms with E-state index >= 15 is 0 Å². The number of carbonyl (C=O) groups is 2. The van der Waals surface area contributed by atoms with Crippen LogP contribution in [0.3, 0.4) is 0 Å². The maximum atomic E-state index is 12.3. The Hall–Kier alpha value is -2.25. The number of amides is 3. The second kappa shape index (κ2) is 5.43. The Balaban J connectivity index is 1.65. The van der Waals surface area contributed by atoms with E-state index in [0.29, 0.717) is 25.5 Å². The summed E-state index contributed by atoms with van der Waals surface area (Å²) in [6.07, 6.45) is 2.34. The number of likely N-dealkylation sites (tertiary alicyclic amines) is 1. The number of anilines is 1. The summed E-state index contributed by atoms with van der Waals surface area (Å²) in [4.78, 5) is 27.9. The molecule has 1 atom stereocenters. The van der Waals surface area contributed by atoms with Gasteiger partial charge in [-0.3, -0.25) is 10.00 Å². The number of aromatic nitrogens is 2. The van der Waals surface area contributed by atoms with E-state index in [1.807, 2.05) is 34.0 Å². The maximum absolute atomic E-state index is 12.3. The molecular formula is C15H23N5O3. The number of carbonyl (C=O) groups excluding carboxylic acids is 2. The van der Waals surface area contributed by atoms with Crippen molar-refractivity contribution in [2.24, 2.45) is 7.05 Å². The minimum atomic E-state index is -0.512. The summed E-state index contributed by atoms with van der Waals surface area (Å²) < 4.78 is 7.09. The molecule has 0 bridgehead atoms. The van der Waals surface area contributed by atoms with Gasteiger partial charge in [-0.2, -0.15) is 5.10 Å². The fourth-order valence-corrected chi connectivity index (χ4v) is 2.97. The normalized spacial score (nSPS) is 21.2. The highest BCUT2D eigenvalue weighted by Gasteiger charge is 2.37. The van der Waals surface area contributed by atoms with Crippen LogP contribution in [-0.4, -0.2) is 56.4 Å². The summed E-state index contributed by atoms with van der Waals surface area (Å²) in [6.45, 7) is 7.16. The van der Waals surface area contributed by atoms with Crippen molar-refractivity contribution in [3.05, 3.63) is 11.8 Å². The third-order valence-corrected chi connectivity index (χ3v) is 3.99. The third-order valence-electron chi connectivity index (χ3n) is 3.99. The average Bonchev–Trinajstić information content (AvgIpc) is 3.01. The van der Waals surface area contributed by atoms with Gasteiger partial charge in [-0.1, -0.05) is 0 Å². The predicted molar refractivity (Wildman–Crippen MR) is 84.0 cm³/mol. The van der Waals surface area contributed by atoms with Gasteiger partial charge in [0.15, 0.2) is 5.82 Å². The van der Waals surface area contributed by atoms with Crippen LogP contribution in [0, 0.1) is 0 Å². The Kier molecular flexibility index (Phi) is 3.69. The molecular weight excluding hydrogens is 298 g/mol. The molecule has 1 fully saturated rings. The SMILES string of the molecule is Cn1cc2c(n1)NC(=O)N(C1CCN(C(=O)OC(C)(C)C)C1)C2. The fourth-order valence-electron chi connectivity index (χ4n) is 2.97. The van der Waals surface area contributed by atoms with Gasteiger partial charge in [-0.15, -0.1) is 0 Å². The first-order chi connectivity index (χ1) is 10.7. The zero-order valence-electron chi connectivity index (χ0n) is 14.0. The smallest absolute Gasteiger partial charge is 0.410 e. The van der Waals surface area contributed by atoms with E-state index in [2.05, 4.69) is 10.4 Å². The first-order valence-electron chi connectivity index (χ1n) is 7.81. The van der Waals surface area contributed by atoms with E-state index in [4.69, 9.17) is 4.74 Å². The molecule has 8 nitrogen and oxygen atoms in total. The number of rotatable bonds is 1. The van der Waals surface area contributed by atoms with Crippen molar-refractivity contribution in [3.8, 4) is 0 Å². The monoisotopic (exact) mass is 321 g/mol.